The lowest BCUT2D eigenvalue weighted by atomic mass is 9.75. The van der Waals surface area contributed by atoms with Crippen LogP contribution in [0.25, 0.3) is 0 Å². The maximum atomic E-state index is 12.4. The quantitative estimate of drug-likeness (QED) is 0.663. The maximum Gasteiger partial charge on any atom is 0.234 e. The number of nitrogens with zero attached hydrogens (tertiary/aromatic N) is 1. The number of likely N-dealkylation sites (tertiary alicyclic amines) is 1. The summed E-state index contributed by atoms with van der Waals surface area (Å²) in [4.78, 5) is 14.5. The van der Waals surface area contributed by atoms with Crippen molar-refractivity contribution < 1.29 is 19.7 Å². The molecule has 0 aromatic carbocycles. The summed E-state index contributed by atoms with van der Waals surface area (Å²) >= 11 is 0. The van der Waals surface area contributed by atoms with E-state index in [1.54, 1.807) is 6.92 Å². The van der Waals surface area contributed by atoms with Gasteiger partial charge < -0.3 is 20.3 Å². The lowest BCUT2D eigenvalue weighted by Gasteiger charge is -2.51. The largest absolute Gasteiger partial charge is 0.387 e. The Morgan fingerprint density at radius 1 is 1.16 bits per heavy atom. The Bertz CT molecular complexity index is 452. The molecule has 0 radical (unpaired) electrons. The third-order valence-corrected chi connectivity index (χ3v) is 6.38. The molecule has 1 saturated carbocycles. The Kier molecular flexibility index (Phi) is 6.03. The first-order valence-electron chi connectivity index (χ1n) is 9.97. The monoisotopic (exact) mass is 354 g/mol. The Labute approximate surface area is 150 Å². The average Bonchev–Trinajstić information content (AvgIpc) is 2.83. The van der Waals surface area contributed by atoms with Crippen LogP contribution in [0.5, 0.6) is 0 Å². The van der Waals surface area contributed by atoms with Crippen molar-refractivity contribution in [1.82, 2.24) is 10.2 Å². The molecule has 2 heterocycles. The highest BCUT2D eigenvalue weighted by Crippen LogP contribution is 2.39. The van der Waals surface area contributed by atoms with Gasteiger partial charge in [0.2, 0.25) is 5.91 Å². The van der Waals surface area contributed by atoms with Gasteiger partial charge in [-0.2, -0.15) is 0 Å². The number of aliphatic hydroxyl groups is 2. The molecule has 0 unspecified atom stereocenters. The van der Waals surface area contributed by atoms with Gasteiger partial charge in [0.05, 0.1) is 24.4 Å². The predicted molar refractivity (Wildman–Crippen MR) is 95.2 cm³/mol. The molecule has 0 bridgehead atoms. The molecule has 6 heteroatoms. The molecule has 1 spiro atoms. The number of aliphatic hydroxyl groups excluding tert-OH is 1. The minimum absolute atomic E-state index is 0.111. The molecule has 2 aliphatic heterocycles. The van der Waals surface area contributed by atoms with Crippen molar-refractivity contribution in [2.75, 3.05) is 26.2 Å². The number of ether oxygens (including phenoxy) is 1. The van der Waals surface area contributed by atoms with Crippen LogP contribution in [0, 0.1) is 0 Å². The van der Waals surface area contributed by atoms with Crippen LogP contribution in [-0.2, 0) is 9.53 Å². The van der Waals surface area contributed by atoms with Gasteiger partial charge in [-0.1, -0.05) is 25.7 Å². The second-order valence-electron chi connectivity index (χ2n) is 8.46. The Hall–Kier alpha value is -0.690. The Balaban J connectivity index is 1.46. The normalized spacial score (nSPS) is 34.6. The Morgan fingerprint density at radius 3 is 2.44 bits per heavy atom. The fourth-order valence-electron chi connectivity index (χ4n) is 4.65. The molecular weight excluding hydrogens is 320 g/mol. The van der Waals surface area contributed by atoms with E-state index in [0.29, 0.717) is 51.5 Å². The number of amides is 1. The van der Waals surface area contributed by atoms with Gasteiger partial charge in [-0.05, 0) is 32.6 Å². The van der Waals surface area contributed by atoms with Gasteiger partial charge in [-0.25, -0.2) is 0 Å². The molecule has 2 atom stereocenters. The van der Waals surface area contributed by atoms with E-state index >= 15 is 0 Å². The smallest absolute Gasteiger partial charge is 0.234 e. The van der Waals surface area contributed by atoms with Crippen LogP contribution in [0.15, 0.2) is 0 Å². The highest BCUT2D eigenvalue weighted by Gasteiger charge is 2.52. The summed E-state index contributed by atoms with van der Waals surface area (Å²) < 4.78 is 5.91. The van der Waals surface area contributed by atoms with Gasteiger partial charge in [0.15, 0.2) is 0 Å². The van der Waals surface area contributed by atoms with Crippen LogP contribution in [0.4, 0.5) is 0 Å². The minimum Gasteiger partial charge on any atom is -0.387 e. The summed E-state index contributed by atoms with van der Waals surface area (Å²) in [6.07, 6.45) is 8.10. The Morgan fingerprint density at radius 2 is 1.80 bits per heavy atom. The fourth-order valence-corrected chi connectivity index (χ4v) is 4.65. The molecule has 6 nitrogen and oxygen atoms in total. The minimum atomic E-state index is -1.09. The summed E-state index contributed by atoms with van der Waals surface area (Å²) in [6, 6.07) is 0.338. The first-order valence-corrected chi connectivity index (χ1v) is 9.97. The van der Waals surface area contributed by atoms with Gasteiger partial charge in [0.25, 0.3) is 0 Å². The zero-order valence-electron chi connectivity index (χ0n) is 15.5. The second kappa shape index (κ2) is 7.91. The highest BCUT2D eigenvalue weighted by atomic mass is 16.5. The van der Waals surface area contributed by atoms with E-state index < -0.39 is 17.3 Å². The van der Waals surface area contributed by atoms with E-state index in [1.165, 1.54) is 25.7 Å². The number of carbonyl (C=O) groups excluding carboxylic acids is 1. The van der Waals surface area contributed by atoms with Gasteiger partial charge >= 0.3 is 0 Å². The first kappa shape index (κ1) is 19.1. The molecule has 25 heavy (non-hydrogen) atoms. The van der Waals surface area contributed by atoms with Crippen LogP contribution in [0.2, 0.25) is 0 Å². The zero-order chi connectivity index (χ0) is 17.9. The predicted octanol–water partition coefficient (Wildman–Crippen LogP) is 1.19. The molecule has 3 rings (SSSR count). The number of rotatable bonds is 3. The summed E-state index contributed by atoms with van der Waals surface area (Å²) in [5.74, 6) is 0.111. The number of nitrogens with one attached hydrogen (secondary N) is 1. The van der Waals surface area contributed by atoms with Crippen LogP contribution in [-0.4, -0.2) is 70.6 Å². The van der Waals surface area contributed by atoms with Crippen molar-refractivity contribution in [3.8, 4) is 0 Å². The van der Waals surface area contributed by atoms with Crippen molar-refractivity contribution in [1.29, 1.82) is 0 Å². The summed E-state index contributed by atoms with van der Waals surface area (Å²) in [5, 5.41) is 24.1. The second-order valence-corrected chi connectivity index (χ2v) is 8.46. The molecule has 3 aliphatic rings. The van der Waals surface area contributed by atoms with Gasteiger partial charge in [-0.3, -0.25) is 9.69 Å². The molecule has 0 aromatic rings. The van der Waals surface area contributed by atoms with Gasteiger partial charge in [-0.15, -0.1) is 0 Å². The lowest BCUT2D eigenvalue weighted by Crippen LogP contribution is -2.64. The molecule has 3 N–H and O–H groups in total. The van der Waals surface area contributed by atoms with Crippen LogP contribution >= 0.6 is 0 Å². The van der Waals surface area contributed by atoms with Crippen molar-refractivity contribution >= 4 is 5.91 Å². The third-order valence-electron chi connectivity index (χ3n) is 6.38. The zero-order valence-corrected chi connectivity index (χ0v) is 15.5. The first-order chi connectivity index (χ1) is 11.9. The molecule has 3 fully saturated rings. The standard InChI is InChI=1S/C19H34N2O4/c1-18(24)10-13-25-19(17(18)23)8-11-21(12-9-19)14-16(22)20-15-6-4-2-3-5-7-15/h15,17,23-24H,2-14H2,1H3,(H,20,22)/t17-,18+/m0/s1. The molecule has 144 valence electrons. The van der Waals surface area contributed by atoms with E-state index in [1.807, 2.05) is 0 Å². The number of carbonyl (C=O) groups is 1. The van der Waals surface area contributed by atoms with Crippen molar-refractivity contribution in [2.45, 2.75) is 88.1 Å². The van der Waals surface area contributed by atoms with Gasteiger partial charge in [0.1, 0.15) is 6.10 Å². The molecule has 1 amide bonds. The number of hydrogen-bond donors (Lipinski definition) is 3. The van der Waals surface area contributed by atoms with Crippen molar-refractivity contribution in [3.63, 3.8) is 0 Å². The maximum absolute atomic E-state index is 12.4. The molecule has 2 saturated heterocycles. The number of hydrogen-bond acceptors (Lipinski definition) is 5. The molecule has 0 aromatic heterocycles. The van der Waals surface area contributed by atoms with E-state index in [0.717, 1.165) is 12.8 Å². The van der Waals surface area contributed by atoms with Crippen molar-refractivity contribution in [3.05, 3.63) is 0 Å². The van der Waals surface area contributed by atoms with E-state index in [-0.39, 0.29) is 5.91 Å². The van der Waals surface area contributed by atoms with E-state index in [4.69, 9.17) is 4.74 Å². The highest BCUT2D eigenvalue weighted by molar-refractivity contribution is 5.78. The summed E-state index contributed by atoms with van der Waals surface area (Å²) in [6.45, 7) is 4.01. The molecule has 1 aliphatic carbocycles. The number of piperidine rings is 1. The van der Waals surface area contributed by atoms with E-state index in [9.17, 15) is 15.0 Å². The van der Waals surface area contributed by atoms with Crippen LogP contribution in [0.3, 0.4) is 0 Å². The third kappa shape index (κ3) is 4.54. The van der Waals surface area contributed by atoms with E-state index in [2.05, 4.69) is 10.2 Å². The lowest BCUT2D eigenvalue weighted by molar-refractivity contribution is -0.246. The SMILES string of the molecule is C[C@@]1(O)CCOC2(CCN(CC(=O)NC3CCCCCC3)CC2)[C@H]1O. The van der Waals surface area contributed by atoms with Crippen LogP contribution < -0.4 is 5.32 Å². The topological polar surface area (TPSA) is 82.0 Å². The summed E-state index contributed by atoms with van der Waals surface area (Å²) in [7, 11) is 0. The summed E-state index contributed by atoms with van der Waals surface area (Å²) in [5.41, 5.74) is -1.74. The average molecular weight is 354 g/mol. The van der Waals surface area contributed by atoms with Gasteiger partial charge in [0, 0.05) is 25.6 Å². The van der Waals surface area contributed by atoms with Crippen LogP contribution in [0.1, 0.15) is 64.7 Å². The molecular formula is C19H34N2O4. The van der Waals surface area contributed by atoms with Crippen molar-refractivity contribution in [2.24, 2.45) is 0 Å². The fraction of sp³-hybridized carbons (Fsp3) is 0.947.